The Morgan fingerprint density at radius 3 is 3.06 bits per heavy atom. The molecular formula is C12H20N2O2. The molecule has 0 bridgehead atoms. The van der Waals surface area contributed by atoms with Crippen molar-refractivity contribution < 1.29 is 9.53 Å². The molecule has 0 aromatic carbocycles. The number of carbonyl (C=O) groups excluding carboxylic acids is 1. The Morgan fingerprint density at radius 1 is 1.56 bits per heavy atom. The minimum Gasteiger partial charge on any atom is -0.469 e. The number of aromatic nitrogens is 1. The summed E-state index contributed by atoms with van der Waals surface area (Å²) in [5.74, 6) is -0.139. The van der Waals surface area contributed by atoms with Gasteiger partial charge in [-0.3, -0.25) is 4.79 Å². The predicted molar refractivity (Wildman–Crippen MR) is 63.1 cm³/mol. The third-order valence-corrected chi connectivity index (χ3v) is 2.42. The number of hydrogen-bond acceptors (Lipinski definition) is 3. The van der Waals surface area contributed by atoms with Gasteiger partial charge in [0.2, 0.25) is 0 Å². The third kappa shape index (κ3) is 4.49. The van der Waals surface area contributed by atoms with Crippen molar-refractivity contribution in [3.63, 3.8) is 0 Å². The summed E-state index contributed by atoms with van der Waals surface area (Å²) >= 11 is 0. The van der Waals surface area contributed by atoms with E-state index in [1.54, 1.807) is 0 Å². The highest BCUT2D eigenvalue weighted by Crippen LogP contribution is 2.03. The molecule has 1 rings (SSSR count). The lowest BCUT2D eigenvalue weighted by Gasteiger charge is -2.02. The van der Waals surface area contributed by atoms with Crippen LogP contribution in [0.4, 0.5) is 0 Å². The number of esters is 1. The molecule has 0 saturated carbocycles. The van der Waals surface area contributed by atoms with Gasteiger partial charge in [-0.15, -0.1) is 0 Å². The molecule has 0 unspecified atom stereocenters. The highest BCUT2D eigenvalue weighted by molar-refractivity contribution is 5.68. The van der Waals surface area contributed by atoms with Crippen molar-refractivity contribution in [1.82, 2.24) is 9.88 Å². The van der Waals surface area contributed by atoms with Crippen LogP contribution in [-0.2, 0) is 22.6 Å². The Labute approximate surface area is 96.6 Å². The van der Waals surface area contributed by atoms with Gasteiger partial charge in [-0.2, -0.15) is 0 Å². The van der Waals surface area contributed by atoms with Crippen LogP contribution in [0.25, 0.3) is 0 Å². The number of ether oxygens (including phenoxy) is 1. The normalized spacial score (nSPS) is 10.4. The lowest BCUT2D eigenvalue weighted by molar-refractivity contribution is -0.140. The standard InChI is InChI=1S/C12H20N2O2/c1-3-13-9-11-6-8-14(10-11)7-4-5-12(15)16-2/h6,8,10,13H,3-5,7,9H2,1-2H3. The maximum Gasteiger partial charge on any atom is 0.305 e. The van der Waals surface area contributed by atoms with Gasteiger partial charge in [-0.1, -0.05) is 6.92 Å². The first-order valence-corrected chi connectivity index (χ1v) is 5.68. The van der Waals surface area contributed by atoms with Crippen LogP contribution in [0, 0.1) is 0 Å². The predicted octanol–water partition coefficient (Wildman–Crippen LogP) is 1.55. The second kappa shape index (κ2) is 7.06. The number of methoxy groups -OCH3 is 1. The fourth-order valence-electron chi connectivity index (χ4n) is 1.51. The van der Waals surface area contributed by atoms with Gasteiger partial charge in [-0.25, -0.2) is 0 Å². The lowest BCUT2D eigenvalue weighted by atomic mass is 10.3. The van der Waals surface area contributed by atoms with Gasteiger partial charge in [-0.05, 0) is 24.6 Å². The molecular weight excluding hydrogens is 204 g/mol. The molecule has 0 atom stereocenters. The number of aryl methyl sites for hydroxylation is 1. The molecule has 1 heterocycles. The molecule has 90 valence electrons. The van der Waals surface area contributed by atoms with E-state index in [0.717, 1.165) is 26.1 Å². The molecule has 4 nitrogen and oxygen atoms in total. The number of carbonyl (C=O) groups is 1. The first kappa shape index (κ1) is 12.8. The largest absolute Gasteiger partial charge is 0.469 e. The lowest BCUT2D eigenvalue weighted by Crippen LogP contribution is -2.11. The fraction of sp³-hybridized carbons (Fsp3) is 0.583. The summed E-state index contributed by atoms with van der Waals surface area (Å²) in [5, 5.41) is 3.27. The maximum atomic E-state index is 10.9. The molecule has 0 saturated heterocycles. The van der Waals surface area contributed by atoms with Crippen LogP contribution < -0.4 is 5.32 Å². The number of rotatable bonds is 7. The highest BCUT2D eigenvalue weighted by atomic mass is 16.5. The number of nitrogens with zero attached hydrogens (tertiary/aromatic N) is 1. The van der Waals surface area contributed by atoms with Crippen molar-refractivity contribution in [2.75, 3.05) is 13.7 Å². The zero-order valence-corrected chi connectivity index (χ0v) is 10.0. The fourth-order valence-corrected chi connectivity index (χ4v) is 1.51. The van der Waals surface area contributed by atoms with Crippen molar-refractivity contribution >= 4 is 5.97 Å². The van der Waals surface area contributed by atoms with E-state index in [0.29, 0.717) is 6.42 Å². The zero-order chi connectivity index (χ0) is 11.8. The van der Waals surface area contributed by atoms with Crippen molar-refractivity contribution in [1.29, 1.82) is 0 Å². The van der Waals surface area contributed by atoms with Crippen molar-refractivity contribution in [2.45, 2.75) is 32.9 Å². The van der Waals surface area contributed by atoms with Crippen LogP contribution in [0.5, 0.6) is 0 Å². The summed E-state index contributed by atoms with van der Waals surface area (Å²) in [5.41, 5.74) is 1.28. The SMILES string of the molecule is CCNCc1ccn(CCCC(=O)OC)c1. The molecule has 0 aliphatic rings. The molecule has 1 aromatic rings. The molecule has 16 heavy (non-hydrogen) atoms. The van der Waals surface area contributed by atoms with Crippen molar-refractivity contribution in [3.05, 3.63) is 24.0 Å². The summed E-state index contributed by atoms with van der Waals surface area (Å²) in [6.07, 6.45) is 5.46. The van der Waals surface area contributed by atoms with E-state index in [4.69, 9.17) is 0 Å². The molecule has 0 aliphatic heterocycles. The van der Waals surface area contributed by atoms with Gasteiger partial charge in [0.05, 0.1) is 7.11 Å². The molecule has 1 aromatic heterocycles. The average Bonchev–Trinajstić information content (AvgIpc) is 2.74. The van der Waals surface area contributed by atoms with Gasteiger partial charge in [0, 0.05) is 31.9 Å². The van der Waals surface area contributed by atoms with E-state index in [2.05, 4.69) is 33.8 Å². The molecule has 0 spiro atoms. The third-order valence-electron chi connectivity index (χ3n) is 2.42. The van der Waals surface area contributed by atoms with E-state index in [-0.39, 0.29) is 5.97 Å². The second-order valence-corrected chi connectivity index (χ2v) is 3.72. The van der Waals surface area contributed by atoms with E-state index in [1.165, 1.54) is 12.7 Å². The Hall–Kier alpha value is -1.29. The van der Waals surface area contributed by atoms with Gasteiger partial charge in [0.15, 0.2) is 0 Å². The van der Waals surface area contributed by atoms with E-state index in [1.807, 2.05) is 6.20 Å². The monoisotopic (exact) mass is 224 g/mol. The van der Waals surface area contributed by atoms with E-state index < -0.39 is 0 Å². The summed E-state index contributed by atoms with van der Waals surface area (Å²) < 4.78 is 6.70. The topological polar surface area (TPSA) is 43.3 Å². The number of nitrogens with one attached hydrogen (secondary N) is 1. The molecule has 1 N–H and O–H groups in total. The highest BCUT2D eigenvalue weighted by Gasteiger charge is 2.00. The van der Waals surface area contributed by atoms with Gasteiger partial charge in [0.1, 0.15) is 0 Å². The van der Waals surface area contributed by atoms with Gasteiger partial charge < -0.3 is 14.6 Å². The van der Waals surface area contributed by atoms with Crippen LogP contribution in [0.3, 0.4) is 0 Å². The minimum atomic E-state index is -0.139. The Kier molecular flexibility index (Phi) is 5.64. The quantitative estimate of drug-likeness (QED) is 0.715. The second-order valence-electron chi connectivity index (χ2n) is 3.72. The number of hydrogen-bond donors (Lipinski definition) is 1. The van der Waals surface area contributed by atoms with Gasteiger partial charge >= 0.3 is 5.97 Å². The first-order valence-electron chi connectivity index (χ1n) is 5.68. The van der Waals surface area contributed by atoms with Crippen molar-refractivity contribution in [2.24, 2.45) is 0 Å². The summed E-state index contributed by atoms with van der Waals surface area (Å²) in [6, 6.07) is 2.10. The molecule has 0 radical (unpaired) electrons. The maximum absolute atomic E-state index is 10.9. The van der Waals surface area contributed by atoms with Crippen LogP contribution in [-0.4, -0.2) is 24.2 Å². The van der Waals surface area contributed by atoms with Crippen LogP contribution >= 0.6 is 0 Å². The van der Waals surface area contributed by atoms with Crippen LogP contribution in [0.1, 0.15) is 25.3 Å². The smallest absolute Gasteiger partial charge is 0.305 e. The zero-order valence-electron chi connectivity index (χ0n) is 10.0. The minimum absolute atomic E-state index is 0.139. The molecule has 0 aliphatic carbocycles. The summed E-state index contributed by atoms with van der Waals surface area (Å²) in [6.45, 7) is 4.84. The molecule has 0 fully saturated rings. The van der Waals surface area contributed by atoms with Crippen molar-refractivity contribution in [3.8, 4) is 0 Å². The van der Waals surface area contributed by atoms with Gasteiger partial charge in [0.25, 0.3) is 0 Å². The average molecular weight is 224 g/mol. The van der Waals surface area contributed by atoms with E-state index in [9.17, 15) is 4.79 Å². The molecule has 0 amide bonds. The Morgan fingerprint density at radius 2 is 2.38 bits per heavy atom. The van der Waals surface area contributed by atoms with E-state index >= 15 is 0 Å². The summed E-state index contributed by atoms with van der Waals surface area (Å²) in [7, 11) is 1.42. The molecule has 4 heteroatoms. The Bertz CT molecular complexity index is 321. The summed E-state index contributed by atoms with van der Waals surface area (Å²) in [4.78, 5) is 10.9. The van der Waals surface area contributed by atoms with Crippen LogP contribution in [0.2, 0.25) is 0 Å². The van der Waals surface area contributed by atoms with Crippen LogP contribution in [0.15, 0.2) is 18.5 Å². The first-order chi connectivity index (χ1) is 7.76. The Balaban J connectivity index is 2.26.